The van der Waals surface area contributed by atoms with Gasteiger partial charge >= 0.3 is 16.2 Å². The zero-order valence-corrected chi connectivity index (χ0v) is 23.2. The van der Waals surface area contributed by atoms with Gasteiger partial charge in [-0.3, -0.25) is 9.59 Å². The summed E-state index contributed by atoms with van der Waals surface area (Å²) in [4.78, 5) is 25.8. The molecule has 1 aliphatic heterocycles. The third-order valence-electron chi connectivity index (χ3n) is 8.73. The van der Waals surface area contributed by atoms with E-state index in [4.69, 9.17) is 4.74 Å². The van der Waals surface area contributed by atoms with Gasteiger partial charge in [0.25, 0.3) is 5.91 Å². The number of carbonyl (C=O) groups excluding carboxylic acids is 1. The van der Waals surface area contributed by atoms with Gasteiger partial charge in [0, 0.05) is 37.6 Å². The van der Waals surface area contributed by atoms with E-state index < -0.39 is 33.9 Å². The Morgan fingerprint density at radius 1 is 1.15 bits per heavy atom. The molecule has 6 rings (SSSR count). The molecule has 1 aromatic carbocycles. The lowest BCUT2D eigenvalue weighted by Gasteiger charge is -2.29. The average Bonchev–Trinajstić information content (AvgIpc) is 3.54. The number of nitrogens with one attached hydrogen (secondary N) is 1. The molecule has 39 heavy (non-hydrogen) atoms. The van der Waals surface area contributed by atoms with Gasteiger partial charge in [0.2, 0.25) is 0 Å². The van der Waals surface area contributed by atoms with Gasteiger partial charge in [-0.15, -0.1) is 0 Å². The van der Waals surface area contributed by atoms with Gasteiger partial charge in [-0.2, -0.15) is 12.7 Å². The second kappa shape index (κ2) is 9.38. The second-order valence-corrected chi connectivity index (χ2v) is 13.0. The molecule has 0 saturated heterocycles. The van der Waals surface area contributed by atoms with E-state index in [-0.39, 0.29) is 0 Å². The van der Waals surface area contributed by atoms with Crippen LogP contribution in [0, 0.1) is 5.92 Å². The monoisotopic (exact) mass is 551 g/mol. The first kappa shape index (κ1) is 25.9. The van der Waals surface area contributed by atoms with Gasteiger partial charge in [-0.25, -0.2) is 4.72 Å². The summed E-state index contributed by atoms with van der Waals surface area (Å²) in [6.07, 6.45) is 9.89. The van der Waals surface area contributed by atoms with Crippen LogP contribution in [0.4, 0.5) is 0 Å². The molecular formula is C29H33N3O6S. The van der Waals surface area contributed by atoms with Crippen molar-refractivity contribution >= 4 is 33.0 Å². The van der Waals surface area contributed by atoms with Crippen molar-refractivity contribution in [2.24, 2.45) is 5.92 Å². The van der Waals surface area contributed by atoms with Crippen LogP contribution in [0.1, 0.15) is 61.6 Å². The van der Waals surface area contributed by atoms with Gasteiger partial charge in [0.15, 0.2) is 0 Å². The Kier molecular flexibility index (Phi) is 6.22. The predicted octanol–water partition coefficient (Wildman–Crippen LogP) is 3.98. The number of benzene rings is 1. The molecule has 0 unspecified atom stereocenters. The largest absolute Gasteiger partial charge is 0.496 e. The molecule has 2 heterocycles. The quantitative estimate of drug-likeness (QED) is 0.561. The number of amides is 1. The molecule has 1 fully saturated rings. The van der Waals surface area contributed by atoms with Crippen molar-refractivity contribution in [1.29, 1.82) is 0 Å². The third kappa shape index (κ3) is 4.12. The summed E-state index contributed by atoms with van der Waals surface area (Å²) >= 11 is 0. The standard InChI is InChI=1S/C29H33N3O6S/c1-31(2)39(36,37)30-28(33)26-21-15-32-22(24-18(25(21)26)10-7-11-19(24)29(34)35)14-20-23(38-3)13-12-17(27(20)32)16-8-5-4-6-9-16/h7,10,12-14,16,19,24H,4-6,8-9,11,15H2,1-3H3,(H,30,33)(H,34,35)/t19-,24+/m1/s1. The zero-order valence-electron chi connectivity index (χ0n) is 22.4. The van der Waals surface area contributed by atoms with E-state index in [0.29, 0.717) is 30.0 Å². The van der Waals surface area contributed by atoms with Gasteiger partial charge in [-0.05, 0) is 59.6 Å². The second-order valence-electron chi connectivity index (χ2n) is 11.1. The van der Waals surface area contributed by atoms with Gasteiger partial charge in [0.05, 0.1) is 24.1 Å². The minimum Gasteiger partial charge on any atom is -0.496 e. The molecule has 3 aliphatic carbocycles. The minimum absolute atomic E-state index is 0.339. The lowest BCUT2D eigenvalue weighted by Crippen LogP contribution is -2.39. The van der Waals surface area contributed by atoms with Crippen LogP contribution in [0.25, 0.3) is 10.9 Å². The Bertz CT molecular complexity index is 1600. The number of carboxylic acids is 1. The van der Waals surface area contributed by atoms with E-state index in [0.717, 1.165) is 50.6 Å². The van der Waals surface area contributed by atoms with Crippen molar-refractivity contribution in [3.05, 3.63) is 63.9 Å². The first-order valence-electron chi connectivity index (χ1n) is 13.5. The maximum Gasteiger partial charge on any atom is 0.307 e. The van der Waals surface area contributed by atoms with Crippen molar-refractivity contribution in [2.75, 3.05) is 21.2 Å². The molecule has 1 saturated carbocycles. The van der Waals surface area contributed by atoms with E-state index in [1.165, 1.54) is 38.9 Å². The van der Waals surface area contributed by atoms with Gasteiger partial charge < -0.3 is 14.4 Å². The number of ether oxygens (including phenoxy) is 1. The van der Waals surface area contributed by atoms with Crippen LogP contribution in [-0.2, 0) is 26.3 Å². The van der Waals surface area contributed by atoms with Crippen molar-refractivity contribution in [3.63, 3.8) is 0 Å². The summed E-state index contributed by atoms with van der Waals surface area (Å²) in [5.74, 6) is -1.65. The number of allylic oxidation sites excluding steroid dienone is 4. The molecule has 2 aromatic rings. The maximum absolute atomic E-state index is 13.2. The molecule has 0 bridgehead atoms. The number of fused-ring (bicyclic) bond motifs is 6. The molecule has 10 heteroatoms. The number of carboxylic acid groups (broad SMARTS) is 1. The van der Waals surface area contributed by atoms with Gasteiger partial charge in [0.1, 0.15) is 5.75 Å². The number of methoxy groups -OCH3 is 1. The number of hydrogen-bond donors (Lipinski definition) is 2. The number of hydrogen-bond acceptors (Lipinski definition) is 5. The van der Waals surface area contributed by atoms with Crippen LogP contribution in [-0.4, -0.2) is 55.5 Å². The summed E-state index contributed by atoms with van der Waals surface area (Å²) < 4.78 is 35.9. The fraction of sp³-hybridized carbons (Fsp3) is 0.448. The van der Waals surface area contributed by atoms with E-state index in [1.807, 2.05) is 18.2 Å². The number of aliphatic carboxylic acids is 1. The Balaban J connectivity index is 1.57. The van der Waals surface area contributed by atoms with Crippen molar-refractivity contribution in [2.45, 2.75) is 56.9 Å². The lowest BCUT2D eigenvalue weighted by atomic mass is 9.76. The highest BCUT2D eigenvalue weighted by Crippen LogP contribution is 2.55. The van der Waals surface area contributed by atoms with Crippen LogP contribution in [0.5, 0.6) is 5.75 Å². The third-order valence-corrected chi connectivity index (χ3v) is 10.1. The molecule has 1 aromatic heterocycles. The minimum atomic E-state index is -3.98. The van der Waals surface area contributed by atoms with Crippen LogP contribution in [0.3, 0.4) is 0 Å². The molecule has 0 spiro atoms. The summed E-state index contributed by atoms with van der Waals surface area (Å²) in [5, 5.41) is 11.2. The fourth-order valence-electron chi connectivity index (χ4n) is 6.77. The molecule has 206 valence electrons. The zero-order chi connectivity index (χ0) is 27.6. The molecule has 2 N–H and O–H groups in total. The highest BCUT2D eigenvalue weighted by Gasteiger charge is 2.47. The van der Waals surface area contributed by atoms with E-state index in [9.17, 15) is 23.1 Å². The summed E-state index contributed by atoms with van der Waals surface area (Å²) in [6.45, 7) is 0.367. The van der Waals surface area contributed by atoms with Crippen molar-refractivity contribution in [1.82, 2.24) is 13.6 Å². The van der Waals surface area contributed by atoms with E-state index in [1.54, 1.807) is 7.11 Å². The average molecular weight is 552 g/mol. The Morgan fingerprint density at radius 2 is 1.90 bits per heavy atom. The molecule has 0 radical (unpaired) electrons. The predicted molar refractivity (Wildman–Crippen MR) is 147 cm³/mol. The Hall–Kier alpha value is -3.37. The fourth-order valence-corrected chi connectivity index (χ4v) is 7.29. The normalized spacial score (nSPS) is 22.9. The first-order valence-corrected chi connectivity index (χ1v) is 14.9. The first-order chi connectivity index (χ1) is 18.6. The maximum atomic E-state index is 13.2. The summed E-state index contributed by atoms with van der Waals surface area (Å²) in [5.41, 5.74) is 5.68. The number of rotatable bonds is 6. The van der Waals surface area contributed by atoms with Crippen molar-refractivity contribution < 1.29 is 27.9 Å². The summed E-state index contributed by atoms with van der Waals surface area (Å²) in [7, 11) is 0.374. The van der Waals surface area contributed by atoms with Crippen LogP contribution in [0.15, 0.2) is 52.6 Å². The van der Waals surface area contributed by atoms with Crippen molar-refractivity contribution in [3.8, 4) is 5.75 Å². The molecule has 1 amide bonds. The molecule has 4 aliphatic rings. The highest BCUT2D eigenvalue weighted by molar-refractivity contribution is 7.87. The Labute approximate surface area is 228 Å². The molecule has 2 atom stereocenters. The van der Waals surface area contributed by atoms with E-state index >= 15 is 0 Å². The molecule has 9 nitrogen and oxygen atoms in total. The van der Waals surface area contributed by atoms with E-state index in [2.05, 4.69) is 21.4 Å². The van der Waals surface area contributed by atoms with Crippen LogP contribution >= 0.6 is 0 Å². The summed E-state index contributed by atoms with van der Waals surface area (Å²) in [6, 6.07) is 6.21. The SMILES string of the molecule is COc1ccc(C2CCCCC2)c2c1cc1n2CC2=C(C(=O)NS(=O)(=O)N(C)C)C2=C2C=CC[C@@H](C(=O)O)[C@H]21. The number of aromatic nitrogens is 1. The van der Waals surface area contributed by atoms with Crippen LogP contribution < -0.4 is 9.46 Å². The topological polar surface area (TPSA) is 118 Å². The molecular weight excluding hydrogens is 518 g/mol. The lowest BCUT2D eigenvalue weighted by molar-refractivity contribution is -0.142. The highest BCUT2D eigenvalue weighted by atomic mass is 32.2. The number of carbonyl (C=O) groups is 2. The van der Waals surface area contributed by atoms with Gasteiger partial charge in [-0.1, -0.05) is 37.5 Å². The Morgan fingerprint density at radius 3 is 2.56 bits per heavy atom. The number of nitrogens with zero attached hydrogens (tertiary/aromatic N) is 2. The smallest absolute Gasteiger partial charge is 0.307 e. The van der Waals surface area contributed by atoms with Crippen LogP contribution in [0.2, 0.25) is 0 Å².